The van der Waals surface area contributed by atoms with Gasteiger partial charge in [-0.05, 0) is 34.5 Å². The molecule has 0 fully saturated rings. The lowest BCUT2D eigenvalue weighted by Crippen LogP contribution is -2.20. The molecule has 0 aliphatic carbocycles. The minimum atomic E-state index is -0.546. The average Bonchev–Trinajstić information content (AvgIpc) is 3.19. The van der Waals surface area contributed by atoms with Crippen molar-refractivity contribution in [3.8, 4) is 11.3 Å². The molecule has 6 heteroatoms. The van der Waals surface area contributed by atoms with E-state index in [9.17, 15) is 9.50 Å². The molecule has 114 valence electrons. The molecule has 3 aromatic rings. The van der Waals surface area contributed by atoms with Crippen molar-refractivity contribution in [3.63, 3.8) is 0 Å². The molecule has 0 amide bonds. The van der Waals surface area contributed by atoms with Gasteiger partial charge in [0, 0.05) is 24.2 Å². The Hall–Kier alpha value is -2.02. The Kier molecular flexibility index (Phi) is 4.62. The Bertz CT molecular complexity index is 727. The summed E-state index contributed by atoms with van der Waals surface area (Å²) >= 11 is 1.56. The van der Waals surface area contributed by atoms with Gasteiger partial charge in [0.05, 0.1) is 18.0 Å². The molecule has 0 saturated carbocycles. The van der Waals surface area contributed by atoms with Crippen LogP contribution in [0.2, 0.25) is 0 Å². The molecule has 3 N–H and O–H groups in total. The largest absolute Gasteiger partial charge is 0.387 e. The number of hydrogen-bond donors (Lipinski definition) is 3. The number of halogens is 1. The fourth-order valence-electron chi connectivity index (χ4n) is 2.27. The molecule has 0 saturated heterocycles. The number of thiophene rings is 1. The first-order chi connectivity index (χ1) is 10.8. The maximum atomic E-state index is 13.9. The molecular formula is C16H16FN3OS. The van der Waals surface area contributed by atoms with E-state index in [1.807, 2.05) is 16.8 Å². The van der Waals surface area contributed by atoms with Crippen molar-refractivity contribution >= 4 is 11.3 Å². The fourth-order valence-corrected chi connectivity index (χ4v) is 2.98. The van der Waals surface area contributed by atoms with E-state index >= 15 is 0 Å². The monoisotopic (exact) mass is 317 g/mol. The van der Waals surface area contributed by atoms with Crippen molar-refractivity contribution < 1.29 is 9.50 Å². The summed E-state index contributed by atoms with van der Waals surface area (Å²) in [4.78, 5) is 0. The van der Waals surface area contributed by atoms with E-state index in [1.165, 1.54) is 6.07 Å². The van der Waals surface area contributed by atoms with E-state index in [4.69, 9.17) is 0 Å². The smallest absolute Gasteiger partial charge is 0.132 e. The number of aliphatic hydroxyl groups excluding tert-OH is 1. The highest BCUT2D eigenvalue weighted by Crippen LogP contribution is 2.24. The Balaban J connectivity index is 1.65. The molecule has 3 rings (SSSR count). The van der Waals surface area contributed by atoms with E-state index in [2.05, 4.69) is 15.5 Å². The zero-order valence-electron chi connectivity index (χ0n) is 11.8. The molecule has 4 nitrogen and oxygen atoms in total. The van der Waals surface area contributed by atoms with Gasteiger partial charge in [0.15, 0.2) is 0 Å². The third-order valence-corrected chi connectivity index (χ3v) is 4.14. The molecule has 1 unspecified atom stereocenters. The Labute approximate surface area is 131 Å². The lowest BCUT2D eigenvalue weighted by atomic mass is 10.1. The molecule has 2 aromatic heterocycles. The van der Waals surface area contributed by atoms with Crippen molar-refractivity contribution in [1.82, 2.24) is 15.5 Å². The van der Waals surface area contributed by atoms with Crippen LogP contribution in [0.5, 0.6) is 0 Å². The molecule has 2 heterocycles. The first kappa shape index (κ1) is 14.9. The number of nitrogens with zero attached hydrogens (tertiary/aromatic N) is 1. The summed E-state index contributed by atoms with van der Waals surface area (Å²) in [6.07, 6.45) is 1.13. The minimum Gasteiger partial charge on any atom is -0.387 e. The van der Waals surface area contributed by atoms with Crippen LogP contribution < -0.4 is 5.32 Å². The number of aliphatic hydroxyl groups is 1. The maximum Gasteiger partial charge on any atom is 0.132 e. The van der Waals surface area contributed by atoms with Gasteiger partial charge in [-0.15, -0.1) is 0 Å². The van der Waals surface area contributed by atoms with Crippen LogP contribution in [0.25, 0.3) is 11.3 Å². The average molecular weight is 317 g/mol. The van der Waals surface area contributed by atoms with Crippen molar-refractivity contribution in [2.24, 2.45) is 0 Å². The van der Waals surface area contributed by atoms with Crippen LogP contribution in [-0.2, 0) is 6.54 Å². The zero-order valence-corrected chi connectivity index (χ0v) is 12.6. The first-order valence-electron chi connectivity index (χ1n) is 6.93. The van der Waals surface area contributed by atoms with Gasteiger partial charge in [-0.3, -0.25) is 5.10 Å². The van der Waals surface area contributed by atoms with Gasteiger partial charge >= 0.3 is 0 Å². The highest BCUT2D eigenvalue weighted by Gasteiger charge is 2.12. The first-order valence-corrected chi connectivity index (χ1v) is 7.88. The second kappa shape index (κ2) is 6.83. The maximum absolute atomic E-state index is 13.9. The molecule has 22 heavy (non-hydrogen) atoms. The molecule has 0 spiro atoms. The van der Waals surface area contributed by atoms with Crippen LogP contribution in [0.15, 0.2) is 47.3 Å². The number of hydrogen-bond acceptors (Lipinski definition) is 4. The van der Waals surface area contributed by atoms with Crippen LogP contribution in [0.4, 0.5) is 4.39 Å². The lowest BCUT2D eigenvalue weighted by Gasteiger charge is -2.11. The van der Waals surface area contributed by atoms with Crippen molar-refractivity contribution in [3.05, 3.63) is 64.2 Å². The summed E-state index contributed by atoms with van der Waals surface area (Å²) in [5.74, 6) is -0.286. The van der Waals surface area contributed by atoms with Gasteiger partial charge in [0.25, 0.3) is 0 Å². The summed E-state index contributed by atoms with van der Waals surface area (Å²) in [6, 6.07) is 8.49. The van der Waals surface area contributed by atoms with E-state index < -0.39 is 6.10 Å². The summed E-state index contributed by atoms with van der Waals surface area (Å²) < 4.78 is 13.9. The van der Waals surface area contributed by atoms with Crippen LogP contribution >= 0.6 is 11.3 Å². The molecule has 1 atom stereocenters. The van der Waals surface area contributed by atoms with Gasteiger partial charge in [0.2, 0.25) is 0 Å². The molecule has 0 radical (unpaired) electrons. The summed E-state index contributed by atoms with van der Waals surface area (Å²) in [6.45, 7) is 0.931. The van der Waals surface area contributed by atoms with E-state index in [1.54, 1.807) is 35.7 Å². The second-order valence-corrected chi connectivity index (χ2v) is 5.73. The molecule has 0 aliphatic heterocycles. The van der Waals surface area contributed by atoms with Crippen LogP contribution in [0.3, 0.4) is 0 Å². The summed E-state index contributed by atoms with van der Waals surface area (Å²) in [7, 11) is 0. The molecular weight excluding hydrogens is 301 g/mol. The quantitative estimate of drug-likeness (QED) is 0.655. The Morgan fingerprint density at radius 1 is 1.32 bits per heavy atom. The van der Waals surface area contributed by atoms with Crippen molar-refractivity contribution in [1.29, 1.82) is 0 Å². The third kappa shape index (κ3) is 3.24. The standard InChI is InChI=1S/C16H16FN3OS/c17-14-4-2-1-3-13(14)16-12(8-19-20-16)7-18-9-15(21)11-5-6-22-10-11/h1-6,8,10,15,18,21H,7,9H2,(H,19,20). The van der Waals surface area contributed by atoms with Gasteiger partial charge in [-0.2, -0.15) is 16.4 Å². The van der Waals surface area contributed by atoms with Gasteiger partial charge in [-0.1, -0.05) is 12.1 Å². The topological polar surface area (TPSA) is 60.9 Å². The Morgan fingerprint density at radius 2 is 2.18 bits per heavy atom. The fraction of sp³-hybridized carbons (Fsp3) is 0.188. The van der Waals surface area contributed by atoms with Gasteiger partial charge in [0.1, 0.15) is 5.82 Å². The van der Waals surface area contributed by atoms with E-state index in [0.717, 1.165) is 11.1 Å². The molecule has 0 bridgehead atoms. The highest BCUT2D eigenvalue weighted by molar-refractivity contribution is 7.07. The van der Waals surface area contributed by atoms with E-state index in [-0.39, 0.29) is 5.82 Å². The predicted molar refractivity (Wildman–Crippen MR) is 85.0 cm³/mol. The zero-order chi connectivity index (χ0) is 15.4. The number of aromatic nitrogens is 2. The van der Waals surface area contributed by atoms with Crippen molar-refractivity contribution in [2.75, 3.05) is 6.54 Å². The third-order valence-electron chi connectivity index (χ3n) is 3.44. The van der Waals surface area contributed by atoms with Crippen LogP contribution in [0.1, 0.15) is 17.2 Å². The van der Waals surface area contributed by atoms with Crippen LogP contribution in [0, 0.1) is 5.82 Å². The predicted octanol–water partition coefficient (Wildman–Crippen LogP) is 3.10. The van der Waals surface area contributed by atoms with Crippen LogP contribution in [-0.4, -0.2) is 21.8 Å². The molecule has 1 aromatic carbocycles. The number of benzene rings is 1. The normalized spacial score (nSPS) is 12.5. The number of nitrogens with one attached hydrogen (secondary N) is 2. The number of aromatic amines is 1. The SMILES string of the molecule is OC(CNCc1cn[nH]c1-c1ccccc1F)c1ccsc1. The number of H-pyrrole nitrogens is 1. The summed E-state index contributed by atoms with van der Waals surface area (Å²) in [5.41, 5.74) is 2.92. The van der Waals surface area contributed by atoms with Crippen molar-refractivity contribution in [2.45, 2.75) is 12.6 Å². The lowest BCUT2D eigenvalue weighted by molar-refractivity contribution is 0.175. The Morgan fingerprint density at radius 3 is 2.95 bits per heavy atom. The minimum absolute atomic E-state index is 0.286. The molecule has 0 aliphatic rings. The highest BCUT2D eigenvalue weighted by atomic mass is 32.1. The van der Waals surface area contributed by atoms with Gasteiger partial charge in [-0.25, -0.2) is 4.39 Å². The van der Waals surface area contributed by atoms with Gasteiger partial charge < -0.3 is 10.4 Å². The van der Waals surface area contributed by atoms with E-state index in [0.29, 0.717) is 24.3 Å². The number of rotatable bonds is 6. The second-order valence-electron chi connectivity index (χ2n) is 4.95. The summed E-state index contributed by atoms with van der Waals surface area (Å²) in [5, 5.41) is 23.9.